The second-order valence-corrected chi connectivity index (χ2v) is 5.18. The predicted octanol–water partition coefficient (Wildman–Crippen LogP) is 3.27. The van der Waals surface area contributed by atoms with Crippen molar-refractivity contribution >= 4 is 10.8 Å². The Balaban J connectivity index is 2.23. The van der Waals surface area contributed by atoms with Gasteiger partial charge in [0, 0.05) is 0 Å². The highest BCUT2D eigenvalue weighted by molar-refractivity contribution is 7.85. The van der Waals surface area contributed by atoms with E-state index in [1.807, 2.05) is 49.4 Å². The van der Waals surface area contributed by atoms with Crippen LogP contribution < -0.4 is 4.74 Å². The van der Waals surface area contributed by atoms with E-state index in [-0.39, 0.29) is 0 Å². The minimum Gasteiger partial charge on any atom is -0.455 e. The fourth-order valence-electron chi connectivity index (χ4n) is 1.77. The Kier molecular flexibility index (Phi) is 2.07. The topological polar surface area (TPSA) is 26.3 Å². The summed E-state index contributed by atoms with van der Waals surface area (Å²) in [5, 5.41) is 0. The first-order valence-corrected chi connectivity index (χ1v) is 6.20. The van der Waals surface area contributed by atoms with Gasteiger partial charge < -0.3 is 4.74 Å². The van der Waals surface area contributed by atoms with E-state index in [1.165, 1.54) is 0 Å². The highest BCUT2D eigenvalue weighted by Crippen LogP contribution is 2.40. The Labute approximate surface area is 96.3 Å². The number of aryl methyl sites for hydroxylation is 1. The molecule has 0 aromatic heterocycles. The van der Waals surface area contributed by atoms with Crippen molar-refractivity contribution in [1.82, 2.24) is 0 Å². The first-order valence-electron chi connectivity index (χ1n) is 5.05. The molecule has 0 spiro atoms. The molecule has 16 heavy (non-hydrogen) atoms. The molecule has 0 bridgehead atoms. The van der Waals surface area contributed by atoms with E-state index >= 15 is 0 Å². The zero-order valence-electron chi connectivity index (χ0n) is 8.77. The predicted molar refractivity (Wildman–Crippen MR) is 62.4 cm³/mol. The largest absolute Gasteiger partial charge is 0.455 e. The quantitative estimate of drug-likeness (QED) is 0.592. The van der Waals surface area contributed by atoms with Crippen molar-refractivity contribution in [3.05, 3.63) is 48.0 Å². The number of fused-ring (bicyclic) bond motifs is 2. The van der Waals surface area contributed by atoms with Gasteiger partial charge in [-0.3, -0.25) is 0 Å². The lowest BCUT2D eigenvalue weighted by Crippen LogP contribution is -2.05. The summed E-state index contributed by atoms with van der Waals surface area (Å²) in [6.45, 7) is 1.98. The molecular formula is C13H10O2S. The number of benzene rings is 2. The first kappa shape index (κ1) is 9.60. The number of rotatable bonds is 0. The van der Waals surface area contributed by atoms with Crippen LogP contribution in [0.25, 0.3) is 0 Å². The van der Waals surface area contributed by atoms with E-state index in [4.69, 9.17) is 4.74 Å². The molecule has 0 fully saturated rings. The monoisotopic (exact) mass is 230 g/mol. The second-order valence-electron chi connectivity index (χ2n) is 3.77. The third-order valence-electron chi connectivity index (χ3n) is 2.57. The molecule has 0 aliphatic carbocycles. The molecule has 0 unspecified atom stereocenters. The molecule has 1 atom stereocenters. The van der Waals surface area contributed by atoms with Crippen LogP contribution in [0, 0.1) is 6.92 Å². The van der Waals surface area contributed by atoms with Gasteiger partial charge >= 0.3 is 0 Å². The van der Waals surface area contributed by atoms with Crippen LogP contribution in [0.5, 0.6) is 11.5 Å². The maximum absolute atomic E-state index is 12.3. The third kappa shape index (κ3) is 1.36. The molecule has 2 nitrogen and oxygen atoms in total. The Morgan fingerprint density at radius 1 is 1.00 bits per heavy atom. The SMILES string of the molecule is Cc1ccc2c(c1)[S@@](=O)c1ccccc1O2. The zero-order valence-corrected chi connectivity index (χ0v) is 9.58. The van der Waals surface area contributed by atoms with E-state index in [9.17, 15) is 4.21 Å². The summed E-state index contributed by atoms with van der Waals surface area (Å²) >= 11 is 0. The average molecular weight is 230 g/mol. The van der Waals surface area contributed by atoms with E-state index in [1.54, 1.807) is 0 Å². The Hall–Kier alpha value is -1.61. The van der Waals surface area contributed by atoms with Crippen molar-refractivity contribution < 1.29 is 8.95 Å². The fraction of sp³-hybridized carbons (Fsp3) is 0.0769. The molecule has 0 saturated carbocycles. The summed E-state index contributed by atoms with van der Waals surface area (Å²) in [6, 6.07) is 13.2. The molecule has 1 heterocycles. The van der Waals surface area contributed by atoms with Gasteiger partial charge in [-0.05, 0) is 36.8 Å². The van der Waals surface area contributed by atoms with Crippen LogP contribution in [0.15, 0.2) is 52.3 Å². The zero-order chi connectivity index (χ0) is 11.1. The molecule has 3 rings (SSSR count). The Morgan fingerprint density at radius 3 is 2.62 bits per heavy atom. The Morgan fingerprint density at radius 2 is 1.75 bits per heavy atom. The highest BCUT2D eigenvalue weighted by atomic mass is 32.2. The van der Waals surface area contributed by atoms with Crippen LogP contribution in [-0.4, -0.2) is 4.21 Å². The van der Waals surface area contributed by atoms with Crippen LogP contribution in [0.3, 0.4) is 0 Å². The van der Waals surface area contributed by atoms with E-state index in [0.29, 0.717) is 11.5 Å². The lowest BCUT2D eigenvalue weighted by atomic mass is 10.2. The van der Waals surface area contributed by atoms with Gasteiger partial charge in [0.25, 0.3) is 0 Å². The van der Waals surface area contributed by atoms with Gasteiger partial charge in [-0.1, -0.05) is 18.2 Å². The summed E-state index contributed by atoms with van der Waals surface area (Å²) in [6.07, 6.45) is 0. The maximum Gasteiger partial charge on any atom is 0.144 e. The molecule has 0 radical (unpaired) electrons. The summed E-state index contributed by atoms with van der Waals surface area (Å²) in [5.41, 5.74) is 1.09. The lowest BCUT2D eigenvalue weighted by molar-refractivity contribution is 0.450. The third-order valence-corrected chi connectivity index (χ3v) is 4.02. The van der Waals surface area contributed by atoms with Crippen molar-refractivity contribution in [3.63, 3.8) is 0 Å². The molecule has 1 aliphatic heterocycles. The normalized spacial score (nSPS) is 17.2. The molecular weight excluding hydrogens is 220 g/mol. The molecule has 80 valence electrons. The van der Waals surface area contributed by atoms with Gasteiger partial charge in [0.05, 0.1) is 20.6 Å². The van der Waals surface area contributed by atoms with Gasteiger partial charge in [-0.2, -0.15) is 0 Å². The van der Waals surface area contributed by atoms with Crippen LogP contribution in [0.1, 0.15) is 5.56 Å². The molecule has 0 N–H and O–H groups in total. The maximum atomic E-state index is 12.3. The first-order chi connectivity index (χ1) is 7.75. The van der Waals surface area contributed by atoms with Crippen LogP contribution in [-0.2, 0) is 10.8 Å². The molecule has 0 amide bonds. The summed E-state index contributed by atoms with van der Waals surface area (Å²) in [7, 11) is -1.13. The van der Waals surface area contributed by atoms with Crippen LogP contribution in [0.4, 0.5) is 0 Å². The number of ether oxygens (including phenoxy) is 1. The number of para-hydroxylation sites is 1. The highest BCUT2D eigenvalue weighted by Gasteiger charge is 2.23. The van der Waals surface area contributed by atoms with Crippen molar-refractivity contribution in [2.45, 2.75) is 16.7 Å². The smallest absolute Gasteiger partial charge is 0.144 e. The van der Waals surface area contributed by atoms with Gasteiger partial charge in [0.15, 0.2) is 0 Å². The van der Waals surface area contributed by atoms with Crippen molar-refractivity contribution in [3.8, 4) is 11.5 Å². The van der Waals surface area contributed by atoms with Crippen LogP contribution in [0.2, 0.25) is 0 Å². The second kappa shape index (κ2) is 3.46. The summed E-state index contributed by atoms with van der Waals surface area (Å²) in [4.78, 5) is 1.51. The van der Waals surface area contributed by atoms with Gasteiger partial charge in [-0.25, -0.2) is 4.21 Å². The van der Waals surface area contributed by atoms with E-state index < -0.39 is 10.8 Å². The van der Waals surface area contributed by atoms with Gasteiger partial charge in [-0.15, -0.1) is 0 Å². The van der Waals surface area contributed by atoms with E-state index in [0.717, 1.165) is 15.4 Å². The number of hydrogen-bond donors (Lipinski definition) is 0. The molecule has 2 aromatic rings. The minimum absolute atomic E-state index is 0.692. The summed E-state index contributed by atoms with van der Waals surface area (Å²) in [5.74, 6) is 1.39. The van der Waals surface area contributed by atoms with Crippen molar-refractivity contribution in [2.24, 2.45) is 0 Å². The molecule has 2 aromatic carbocycles. The standard InChI is InChI=1S/C13H10O2S/c1-9-6-7-11-13(8-9)16(14)12-5-3-2-4-10(12)15-11/h2-8H,1H3/t16-/m0/s1. The Bertz CT molecular complexity index is 590. The van der Waals surface area contributed by atoms with Gasteiger partial charge in [0.2, 0.25) is 0 Å². The van der Waals surface area contributed by atoms with Gasteiger partial charge in [0.1, 0.15) is 11.5 Å². The van der Waals surface area contributed by atoms with E-state index in [2.05, 4.69) is 0 Å². The minimum atomic E-state index is -1.13. The van der Waals surface area contributed by atoms with Crippen molar-refractivity contribution in [1.29, 1.82) is 0 Å². The van der Waals surface area contributed by atoms with Crippen LogP contribution >= 0.6 is 0 Å². The molecule has 3 heteroatoms. The lowest BCUT2D eigenvalue weighted by Gasteiger charge is -2.19. The molecule has 0 saturated heterocycles. The van der Waals surface area contributed by atoms with Crippen molar-refractivity contribution in [2.75, 3.05) is 0 Å². The average Bonchev–Trinajstić information content (AvgIpc) is 2.31. The fourth-order valence-corrected chi connectivity index (χ4v) is 3.09. The summed E-state index contributed by atoms with van der Waals surface area (Å²) < 4.78 is 18.0. The molecule has 1 aliphatic rings. The number of hydrogen-bond acceptors (Lipinski definition) is 2.